The van der Waals surface area contributed by atoms with Gasteiger partial charge in [-0.05, 0) is 37.1 Å². The lowest BCUT2D eigenvalue weighted by molar-refractivity contribution is -0.170. The highest BCUT2D eigenvalue weighted by Gasteiger charge is 2.51. The predicted octanol–water partition coefficient (Wildman–Crippen LogP) is 2.39. The number of carbonyl (C=O) groups excluding carboxylic acids is 4. The molecule has 2 saturated heterocycles. The van der Waals surface area contributed by atoms with Gasteiger partial charge in [0.15, 0.2) is 0 Å². The number of hydrogen-bond donors (Lipinski definition) is 2. The van der Waals surface area contributed by atoms with E-state index in [9.17, 15) is 32.3 Å². The fraction of sp³-hybridized carbons (Fsp3) is 0.429. The smallest absolute Gasteiger partial charge is 0.416 e. The molecule has 0 radical (unpaired) electrons. The van der Waals surface area contributed by atoms with Crippen LogP contribution in [0, 0.1) is 6.92 Å². The van der Waals surface area contributed by atoms with Gasteiger partial charge in [0.1, 0.15) is 24.9 Å². The molecule has 220 valence electrons. The molecule has 0 unspecified atom stereocenters. The quantitative estimate of drug-likeness (QED) is 0.523. The summed E-state index contributed by atoms with van der Waals surface area (Å²) in [6.07, 6.45) is -6.44. The second-order valence-corrected chi connectivity index (χ2v) is 10.2. The lowest BCUT2D eigenvalue weighted by Gasteiger charge is -2.52. The van der Waals surface area contributed by atoms with Crippen LogP contribution in [0.25, 0.3) is 0 Å². The first-order chi connectivity index (χ1) is 19.4. The number of piperazine rings is 1. The number of ether oxygens (including phenoxy) is 1. The van der Waals surface area contributed by atoms with Crippen molar-refractivity contribution in [2.75, 3.05) is 19.6 Å². The molecule has 0 aliphatic carbocycles. The lowest BCUT2D eigenvalue weighted by atomic mass is 10.0. The first-order valence-electron chi connectivity index (χ1n) is 13.1. The molecule has 0 aromatic heterocycles. The zero-order chi connectivity index (χ0) is 29.9. The number of nitrogens with one attached hydrogen (secondary N) is 1. The fourth-order valence-corrected chi connectivity index (χ4v) is 5.16. The van der Waals surface area contributed by atoms with Gasteiger partial charge in [0.25, 0.3) is 0 Å². The van der Waals surface area contributed by atoms with Crippen LogP contribution in [0.5, 0.6) is 0 Å². The maximum absolute atomic E-state index is 13.5. The largest absolute Gasteiger partial charge is 0.444 e. The Morgan fingerprint density at radius 3 is 2.41 bits per heavy atom. The van der Waals surface area contributed by atoms with E-state index in [0.29, 0.717) is 5.56 Å². The molecule has 3 N–H and O–H groups in total. The number of aryl methyl sites for hydroxylation is 1. The molecule has 2 aliphatic rings. The van der Waals surface area contributed by atoms with Gasteiger partial charge in [-0.2, -0.15) is 13.2 Å². The van der Waals surface area contributed by atoms with Gasteiger partial charge in [0, 0.05) is 19.5 Å². The SMILES string of the molecule is Cc1cc(COC(=O)N2C[C@H](NC(=O)CCN)C(=O)N3[C@@H]2CN(Cc2ccccc2)C(=O)[C@@H]3C)cc(C(F)(F)F)c1. The first kappa shape index (κ1) is 29.8. The summed E-state index contributed by atoms with van der Waals surface area (Å²) in [6.45, 7) is 2.61. The van der Waals surface area contributed by atoms with Crippen LogP contribution in [0.2, 0.25) is 0 Å². The van der Waals surface area contributed by atoms with Crippen molar-refractivity contribution in [3.8, 4) is 0 Å². The number of nitrogens with zero attached hydrogens (tertiary/aromatic N) is 3. The number of rotatable bonds is 7. The molecule has 3 atom stereocenters. The van der Waals surface area contributed by atoms with Crippen LogP contribution in [0.1, 0.15) is 35.6 Å². The number of amides is 4. The fourth-order valence-electron chi connectivity index (χ4n) is 5.16. The summed E-state index contributed by atoms with van der Waals surface area (Å²) in [6, 6.07) is 10.5. The van der Waals surface area contributed by atoms with Crippen molar-refractivity contribution < 1.29 is 37.1 Å². The molecule has 0 bridgehead atoms. The van der Waals surface area contributed by atoms with Crippen LogP contribution in [-0.2, 0) is 38.4 Å². The van der Waals surface area contributed by atoms with E-state index in [0.717, 1.165) is 17.7 Å². The van der Waals surface area contributed by atoms with Gasteiger partial charge >= 0.3 is 12.3 Å². The zero-order valence-corrected chi connectivity index (χ0v) is 22.7. The van der Waals surface area contributed by atoms with Crippen LogP contribution in [-0.4, -0.2) is 76.4 Å². The molecular weight excluding hydrogens is 543 g/mol. The number of hydrogen-bond acceptors (Lipinski definition) is 6. The summed E-state index contributed by atoms with van der Waals surface area (Å²) in [4.78, 5) is 56.5. The van der Waals surface area contributed by atoms with Crippen molar-refractivity contribution in [2.24, 2.45) is 5.73 Å². The molecule has 0 spiro atoms. The Labute approximate surface area is 235 Å². The van der Waals surface area contributed by atoms with Crippen LogP contribution < -0.4 is 11.1 Å². The van der Waals surface area contributed by atoms with Crippen LogP contribution >= 0.6 is 0 Å². The van der Waals surface area contributed by atoms with Gasteiger partial charge in [-0.1, -0.05) is 42.0 Å². The molecule has 0 saturated carbocycles. The zero-order valence-electron chi connectivity index (χ0n) is 22.7. The third kappa shape index (κ3) is 6.79. The van der Waals surface area contributed by atoms with Gasteiger partial charge < -0.3 is 25.6 Å². The third-order valence-electron chi connectivity index (χ3n) is 7.07. The molecule has 4 amide bonds. The molecule has 2 fully saturated rings. The highest BCUT2D eigenvalue weighted by Crippen LogP contribution is 2.31. The van der Waals surface area contributed by atoms with E-state index in [1.54, 1.807) is 6.92 Å². The second kappa shape index (κ2) is 12.2. The molecule has 13 heteroatoms. The standard InChI is InChI=1S/C28H32F3N5O5/c1-17-10-20(12-21(11-17)28(29,30)31)16-41-27(40)35-14-22(33-23(37)8-9-32)26(39)36-18(2)25(38)34(15-24(35)36)13-19-6-4-3-5-7-19/h3-7,10-12,18,22,24H,8-9,13-16,32H2,1-2H3,(H,33,37)/t18-,22-,24+/m0/s1. The highest BCUT2D eigenvalue weighted by atomic mass is 19.4. The highest BCUT2D eigenvalue weighted by molar-refractivity contribution is 5.94. The Kier molecular flexibility index (Phi) is 8.86. The minimum Gasteiger partial charge on any atom is -0.444 e. The Bertz CT molecular complexity index is 1310. The van der Waals surface area contributed by atoms with Crippen molar-refractivity contribution >= 4 is 23.8 Å². The van der Waals surface area contributed by atoms with Crippen molar-refractivity contribution in [3.05, 3.63) is 70.8 Å². The van der Waals surface area contributed by atoms with Gasteiger partial charge in [0.2, 0.25) is 17.7 Å². The monoisotopic (exact) mass is 575 g/mol. The Balaban J connectivity index is 1.59. The Hall–Kier alpha value is -4.13. The number of fused-ring (bicyclic) bond motifs is 1. The van der Waals surface area contributed by atoms with Crippen molar-refractivity contribution in [1.82, 2.24) is 20.0 Å². The van der Waals surface area contributed by atoms with Crippen molar-refractivity contribution in [2.45, 2.75) is 57.8 Å². The summed E-state index contributed by atoms with van der Waals surface area (Å²) < 4.78 is 45.3. The Morgan fingerprint density at radius 1 is 1.05 bits per heavy atom. The maximum Gasteiger partial charge on any atom is 0.416 e. The van der Waals surface area contributed by atoms with Crippen molar-refractivity contribution in [1.29, 1.82) is 0 Å². The molecule has 41 heavy (non-hydrogen) atoms. The molecule has 10 nitrogen and oxygen atoms in total. The first-order valence-corrected chi connectivity index (χ1v) is 13.1. The topological polar surface area (TPSA) is 125 Å². The summed E-state index contributed by atoms with van der Waals surface area (Å²) in [7, 11) is 0. The molecule has 2 aliphatic heterocycles. The summed E-state index contributed by atoms with van der Waals surface area (Å²) >= 11 is 0. The summed E-state index contributed by atoms with van der Waals surface area (Å²) in [5, 5.41) is 2.57. The van der Waals surface area contributed by atoms with E-state index in [4.69, 9.17) is 10.5 Å². The van der Waals surface area contributed by atoms with E-state index in [1.165, 1.54) is 27.7 Å². The number of alkyl halides is 3. The van der Waals surface area contributed by atoms with Gasteiger partial charge in [-0.15, -0.1) is 0 Å². The average Bonchev–Trinajstić information content (AvgIpc) is 2.91. The van der Waals surface area contributed by atoms with E-state index in [2.05, 4.69) is 5.32 Å². The molecule has 4 rings (SSSR count). The molecule has 2 heterocycles. The van der Waals surface area contributed by atoms with E-state index in [-0.39, 0.29) is 44.1 Å². The van der Waals surface area contributed by atoms with Crippen molar-refractivity contribution in [3.63, 3.8) is 0 Å². The Morgan fingerprint density at radius 2 is 1.76 bits per heavy atom. The number of halogens is 3. The van der Waals surface area contributed by atoms with Crippen LogP contribution in [0.4, 0.5) is 18.0 Å². The predicted molar refractivity (Wildman–Crippen MR) is 141 cm³/mol. The minimum absolute atomic E-state index is 0.0228. The third-order valence-corrected chi connectivity index (χ3v) is 7.07. The van der Waals surface area contributed by atoms with E-state index >= 15 is 0 Å². The molecule has 2 aromatic rings. The molecular formula is C28H32F3N5O5. The number of nitrogens with two attached hydrogens (primary N) is 1. The minimum atomic E-state index is -4.57. The normalized spacial score (nSPS) is 21.0. The maximum atomic E-state index is 13.5. The average molecular weight is 576 g/mol. The number of carbonyl (C=O) groups is 4. The summed E-state index contributed by atoms with van der Waals surface area (Å²) in [5.41, 5.74) is 5.93. The molecule has 2 aromatic carbocycles. The van der Waals surface area contributed by atoms with Crippen LogP contribution in [0.15, 0.2) is 48.5 Å². The van der Waals surface area contributed by atoms with Gasteiger partial charge in [-0.3, -0.25) is 19.3 Å². The van der Waals surface area contributed by atoms with Gasteiger partial charge in [0.05, 0.1) is 18.7 Å². The number of benzene rings is 2. The second-order valence-electron chi connectivity index (χ2n) is 10.2. The van der Waals surface area contributed by atoms with E-state index in [1.807, 2.05) is 30.3 Å². The summed E-state index contributed by atoms with van der Waals surface area (Å²) in [5.74, 6) is -1.36. The van der Waals surface area contributed by atoms with E-state index < -0.39 is 54.5 Å². The lowest BCUT2D eigenvalue weighted by Crippen LogP contribution is -2.75. The van der Waals surface area contributed by atoms with Crippen LogP contribution in [0.3, 0.4) is 0 Å². The van der Waals surface area contributed by atoms with Gasteiger partial charge in [-0.25, -0.2) is 4.79 Å².